The summed E-state index contributed by atoms with van der Waals surface area (Å²) >= 11 is 0. The van der Waals surface area contributed by atoms with Crippen LogP contribution < -0.4 is 5.32 Å². The van der Waals surface area contributed by atoms with Crippen LogP contribution in [0.3, 0.4) is 0 Å². The van der Waals surface area contributed by atoms with Gasteiger partial charge in [-0.1, -0.05) is 0 Å². The van der Waals surface area contributed by atoms with Gasteiger partial charge in [-0.15, -0.1) is 0 Å². The number of hydrogen-bond donors (Lipinski definition) is 1. The number of rotatable bonds is 9. The van der Waals surface area contributed by atoms with Gasteiger partial charge in [0, 0.05) is 6.42 Å². The zero-order valence-electron chi connectivity index (χ0n) is 15.7. The Balaban J connectivity index is 4.47. The van der Waals surface area contributed by atoms with Gasteiger partial charge in [-0.3, -0.25) is 24.0 Å². The molecule has 26 heavy (non-hydrogen) atoms. The van der Waals surface area contributed by atoms with E-state index >= 15 is 0 Å². The molecular formula is C16H26N2O8. The molecule has 0 fully saturated rings. The molecule has 0 atom stereocenters. The molecule has 0 aliphatic rings. The van der Waals surface area contributed by atoms with Crippen LogP contribution >= 0.6 is 0 Å². The van der Waals surface area contributed by atoms with Crippen LogP contribution in [0.25, 0.3) is 0 Å². The highest BCUT2D eigenvalue weighted by Crippen LogP contribution is 2.09. The fourth-order valence-electron chi connectivity index (χ4n) is 1.66. The second-order valence-corrected chi connectivity index (χ2v) is 6.27. The predicted octanol–water partition coefficient (Wildman–Crippen LogP) is -0.601. The van der Waals surface area contributed by atoms with E-state index in [-0.39, 0.29) is 12.8 Å². The summed E-state index contributed by atoms with van der Waals surface area (Å²) in [6.45, 7) is 3.76. The molecule has 0 unspecified atom stereocenters. The maximum absolute atomic E-state index is 12.1. The van der Waals surface area contributed by atoms with Crippen LogP contribution in [0.1, 0.15) is 33.6 Å². The highest BCUT2D eigenvalue weighted by molar-refractivity contribution is 5.90. The molecule has 0 rings (SSSR count). The van der Waals surface area contributed by atoms with Crippen molar-refractivity contribution < 1.29 is 38.2 Å². The minimum Gasteiger partial charge on any atom is -0.468 e. The highest BCUT2D eigenvalue weighted by atomic mass is 16.6. The van der Waals surface area contributed by atoms with Gasteiger partial charge in [-0.25, -0.2) is 0 Å². The standard InChI is InChI=1S/C16H26N2O8/c1-16(2,3)26-13(21)7-6-11(19)17-8-12(20)18(9-14(22)24-4)10-15(23)25-5/h6-10H2,1-5H3,(H,17,19). The van der Waals surface area contributed by atoms with Gasteiger partial charge in [0.1, 0.15) is 18.7 Å². The van der Waals surface area contributed by atoms with Crippen molar-refractivity contribution in [2.75, 3.05) is 33.9 Å². The molecule has 0 heterocycles. The molecule has 0 radical (unpaired) electrons. The van der Waals surface area contributed by atoms with Crippen LogP contribution in [0.15, 0.2) is 0 Å². The number of carbonyl (C=O) groups excluding carboxylic acids is 5. The molecule has 0 aliphatic carbocycles. The molecule has 0 aromatic heterocycles. The molecule has 10 nitrogen and oxygen atoms in total. The Bertz CT molecular complexity index is 521. The number of ether oxygens (including phenoxy) is 3. The van der Waals surface area contributed by atoms with Crippen molar-refractivity contribution in [2.45, 2.75) is 39.2 Å². The zero-order valence-corrected chi connectivity index (χ0v) is 15.7. The van der Waals surface area contributed by atoms with E-state index in [0.29, 0.717) is 0 Å². The smallest absolute Gasteiger partial charge is 0.325 e. The van der Waals surface area contributed by atoms with Gasteiger partial charge < -0.3 is 24.4 Å². The van der Waals surface area contributed by atoms with Gasteiger partial charge in [0.15, 0.2) is 0 Å². The van der Waals surface area contributed by atoms with Gasteiger partial charge in [-0.05, 0) is 20.8 Å². The summed E-state index contributed by atoms with van der Waals surface area (Å²) in [5.41, 5.74) is -0.647. The lowest BCUT2D eigenvalue weighted by molar-refractivity contribution is -0.156. The van der Waals surface area contributed by atoms with Crippen LogP contribution in [0.2, 0.25) is 0 Å². The molecule has 0 aromatic carbocycles. The lowest BCUT2D eigenvalue weighted by atomic mass is 10.2. The van der Waals surface area contributed by atoms with E-state index in [1.165, 1.54) is 0 Å². The summed E-state index contributed by atoms with van der Waals surface area (Å²) in [5.74, 6) is -3.19. The molecule has 148 valence electrons. The Morgan fingerprint density at radius 2 is 1.35 bits per heavy atom. The minimum absolute atomic E-state index is 0.134. The molecule has 0 spiro atoms. The normalized spacial score (nSPS) is 10.5. The maximum atomic E-state index is 12.1. The maximum Gasteiger partial charge on any atom is 0.325 e. The Hall–Kier alpha value is -2.65. The first-order chi connectivity index (χ1) is 12.0. The fourth-order valence-corrected chi connectivity index (χ4v) is 1.66. The van der Waals surface area contributed by atoms with Gasteiger partial charge in [0.25, 0.3) is 0 Å². The van der Waals surface area contributed by atoms with E-state index in [4.69, 9.17) is 4.74 Å². The summed E-state index contributed by atoms with van der Waals surface area (Å²) in [7, 11) is 2.28. The van der Waals surface area contributed by atoms with Crippen molar-refractivity contribution >= 4 is 29.7 Å². The number of methoxy groups -OCH3 is 2. The topological polar surface area (TPSA) is 128 Å². The Kier molecular flexibility index (Phi) is 9.93. The monoisotopic (exact) mass is 374 g/mol. The summed E-state index contributed by atoms with van der Waals surface area (Å²) < 4.78 is 14.0. The Labute approximate surface area is 152 Å². The molecule has 2 amide bonds. The molecule has 0 saturated heterocycles. The van der Waals surface area contributed by atoms with Gasteiger partial charge in [0.05, 0.1) is 27.2 Å². The Morgan fingerprint density at radius 1 is 0.846 bits per heavy atom. The largest absolute Gasteiger partial charge is 0.468 e. The van der Waals surface area contributed by atoms with Gasteiger partial charge in [-0.2, -0.15) is 0 Å². The van der Waals surface area contributed by atoms with Crippen LogP contribution in [0.4, 0.5) is 0 Å². The minimum atomic E-state index is -0.724. The van der Waals surface area contributed by atoms with Crippen LogP contribution in [0, 0.1) is 0 Å². The molecule has 10 heteroatoms. The summed E-state index contributed by atoms with van der Waals surface area (Å²) in [5, 5.41) is 2.32. The van der Waals surface area contributed by atoms with Crippen molar-refractivity contribution in [1.82, 2.24) is 10.2 Å². The predicted molar refractivity (Wildman–Crippen MR) is 88.7 cm³/mol. The fraction of sp³-hybridized carbons (Fsp3) is 0.688. The number of carbonyl (C=O) groups is 5. The van der Waals surface area contributed by atoms with Crippen molar-refractivity contribution in [2.24, 2.45) is 0 Å². The third kappa shape index (κ3) is 11.0. The zero-order chi connectivity index (χ0) is 20.3. The Morgan fingerprint density at radius 3 is 1.77 bits per heavy atom. The van der Waals surface area contributed by atoms with Gasteiger partial charge in [0.2, 0.25) is 11.8 Å². The van der Waals surface area contributed by atoms with E-state index < -0.39 is 55.0 Å². The quantitative estimate of drug-likeness (QED) is 0.418. The van der Waals surface area contributed by atoms with E-state index in [1.807, 2.05) is 0 Å². The molecule has 0 bridgehead atoms. The summed E-state index contributed by atoms with van der Waals surface area (Å²) in [4.78, 5) is 58.9. The first-order valence-electron chi connectivity index (χ1n) is 7.88. The molecule has 0 aromatic rings. The second kappa shape index (κ2) is 11.1. The first kappa shape index (κ1) is 23.4. The average Bonchev–Trinajstić information content (AvgIpc) is 2.55. The van der Waals surface area contributed by atoms with E-state index in [2.05, 4.69) is 14.8 Å². The van der Waals surface area contributed by atoms with Crippen molar-refractivity contribution in [3.63, 3.8) is 0 Å². The lowest BCUT2D eigenvalue weighted by Crippen LogP contribution is -2.45. The lowest BCUT2D eigenvalue weighted by Gasteiger charge is -2.20. The van der Waals surface area contributed by atoms with Crippen LogP contribution in [-0.2, 0) is 38.2 Å². The van der Waals surface area contributed by atoms with Crippen molar-refractivity contribution in [3.05, 3.63) is 0 Å². The van der Waals surface area contributed by atoms with E-state index in [0.717, 1.165) is 19.1 Å². The number of nitrogens with zero attached hydrogens (tertiary/aromatic N) is 1. The average molecular weight is 374 g/mol. The van der Waals surface area contributed by atoms with Crippen molar-refractivity contribution in [1.29, 1.82) is 0 Å². The van der Waals surface area contributed by atoms with Crippen molar-refractivity contribution in [3.8, 4) is 0 Å². The van der Waals surface area contributed by atoms with Crippen LogP contribution in [0.5, 0.6) is 0 Å². The highest BCUT2D eigenvalue weighted by Gasteiger charge is 2.22. The molecule has 1 N–H and O–H groups in total. The first-order valence-corrected chi connectivity index (χ1v) is 7.88. The molecule has 0 aliphatic heterocycles. The third-order valence-corrected chi connectivity index (χ3v) is 2.86. The third-order valence-electron chi connectivity index (χ3n) is 2.86. The van der Waals surface area contributed by atoms with Crippen LogP contribution in [-0.4, -0.2) is 74.1 Å². The van der Waals surface area contributed by atoms with Gasteiger partial charge >= 0.3 is 17.9 Å². The summed E-state index contributed by atoms with van der Waals surface area (Å²) in [6, 6.07) is 0. The molecular weight excluding hydrogens is 348 g/mol. The number of nitrogens with one attached hydrogen (secondary N) is 1. The second-order valence-electron chi connectivity index (χ2n) is 6.27. The SMILES string of the molecule is COC(=O)CN(CC(=O)OC)C(=O)CNC(=O)CCC(=O)OC(C)(C)C. The van der Waals surface area contributed by atoms with E-state index in [9.17, 15) is 24.0 Å². The number of amides is 2. The number of esters is 3. The number of hydrogen-bond acceptors (Lipinski definition) is 8. The summed E-state index contributed by atoms with van der Waals surface area (Å²) in [6.07, 6.45) is -0.290. The van der Waals surface area contributed by atoms with E-state index in [1.54, 1.807) is 20.8 Å². The molecule has 0 saturated carbocycles.